The highest BCUT2D eigenvalue weighted by molar-refractivity contribution is 6.33. The van der Waals surface area contributed by atoms with Gasteiger partial charge in [-0.05, 0) is 42.8 Å². The lowest BCUT2D eigenvalue weighted by Gasteiger charge is -2.06. The lowest BCUT2D eigenvalue weighted by Crippen LogP contribution is -1.94. The summed E-state index contributed by atoms with van der Waals surface area (Å²) in [5.41, 5.74) is 2.88. The van der Waals surface area contributed by atoms with Crippen molar-refractivity contribution >= 4 is 17.2 Å². The quantitative estimate of drug-likeness (QED) is 0.708. The summed E-state index contributed by atoms with van der Waals surface area (Å²) in [4.78, 5) is 4.37. The van der Waals surface area contributed by atoms with Gasteiger partial charge in [-0.1, -0.05) is 18.5 Å². The fourth-order valence-electron chi connectivity index (χ4n) is 2.13. The molecule has 0 amide bonds. The Kier molecular flexibility index (Phi) is 3.61. The van der Waals surface area contributed by atoms with Crippen molar-refractivity contribution < 1.29 is 4.74 Å². The van der Waals surface area contributed by atoms with E-state index < -0.39 is 0 Å². The van der Waals surface area contributed by atoms with Crippen molar-refractivity contribution in [3.63, 3.8) is 0 Å². The molecule has 0 aliphatic heterocycles. The maximum atomic E-state index is 6.14. The first-order valence-corrected chi connectivity index (χ1v) is 7.02. The van der Waals surface area contributed by atoms with Gasteiger partial charge in [0.1, 0.15) is 5.75 Å². The van der Waals surface area contributed by atoms with Crippen LogP contribution in [-0.4, -0.2) is 16.0 Å². The Morgan fingerprint density at radius 1 is 1.20 bits per heavy atom. The van der Waals surface area contributed by atoms with Crippen LogP contribution in [0.1, 0.15) is 13.3 Å². The zero-order valence-electron chi connectivity index (χ0n) is 11.2. The molecule has 0 N–H and O–H groups in total. The van der Waals surface area contributed by atoms with Crippen molar-refractivity contribution in [2.45, 2.75) is 13.3 Å². The molecule has 0 bridgehead atoms. The van der Waals surface area contributed by atoms with Crippen LogP contribution < -0.4 is 4.74 Å². The average Bonchev–Trinajstić information content (AvgIpc) is 2.91. The molecule has 1 aromatic carbocycles. The number of hydrogen-bond donors (Lipinski definition) is 0. The van der Waals surface area contributed by atoms with E-state index in [0.29, 0.717) is 5.02 Å². The van der Waals surface area contributed by atoms with Crippen molar-refractivity contribution in [2.75, 3.05) is 6.61 Å². The van der Waals surface area contributed by atoms with Crippen LogP contribution in [0, 0.1) is 0 Å². The summed E-state index contributed by atoms with van der Waals surface area (Å²) in [5.74, 6) is 0.891. The van der Waals surface area contributed by atoms with Crippen molar-refractivity contribution in [3.05, 3.63) is 53.8 Å². The fourth-order valence-corrected chi connectivity index (χ4v) is 2.34. The zero-order valence-corrected chi connectivity index (χ0v) is 12.0. The van der Waals surface area contributed by atoms with E-state index in [4.69, 9.17) is 16.3 Å². The normalized spacial score (nSPS) is 10.9. The van der Waals surface area contributed by atoms with E-state index in [1.54, 1.807) is 0 Å². The van der Waals surface area contributed by atoms with Gasteiger partial charge in [0.05, 0.1) is 23.5 Å². The fraction of sp³-hybridized carbons (Fsp3) is 0.188. The van der Waals surface area contributed by atoms with Gasteiger partial charge in [-0.15, -0.1) is 0 Å². The second kappa shape index (κ2) is 5.55. The Balaban J connectivity index is 1.97. The first kappa shape index (κ1) is 13.0. The summed E-state index contributed by atoms with van der Waals surface area (Å²) >= 11 is 6.14. The Labute approximate surface area is 122 Å². The highest BCUT2D eigenvalue weighted by Crippen LogP contribution is 2.26. The smallest absolute Gasteiger partial charge is 0.156 e. The van der Waals surface area contributed by atoms with Gasteiger partial charge in [-0.2, -0.15) is 0 Å². The SMILES string of the molecule is CCCOc1ccc(-c2cnc3c(Cl)cccn23)cc1. The number of benzene rings is 1. The number of pyridine rings is 1. The first-order chi connectivity index (χ1) is 9.79. The van der Waals surface area contributed by atoms with E-state index in [9.17, 15) is 0 Å². The van der Waals surface area contributed by atoms with E-state index in [1.165, 1.54) is 0 Å². The number of aromatic nitrogens is 2. The molecule has 102 valence electrons. The number of nitrogens with zero attached hydrogens (tertiary/aromatic N) is 2. The Bertz CT molecular complexity index is 719. The minimum atomic E-state index is 0.654. The Hall–Kier alpha value is -2.00. The first-order valence-electron chi connectivity index (χ1n) is 6.64. The molecule has 0 radical (unpaired) electrons. The third-order valence-corrected chi connectivity index (χ3v) is 3.41. The molecule has 4 heteroatoms. The highest BCUT2D eigenvalue weighted by Gasteiger charge is 2.08. The number of imidazole rings is 1. The van der Waals surface area contributed by atoms with E-state index in [0.717, 1.165) is 35.7 Å². The zero-order chi connectivity index (χ0) is 13.9. The predicted octanol–water partition coefficient (Wildman–Crippen LogP) is 4.44. The third-order valence-electron chi connectivity index (χ3n) is 3.11. The number of halogens is 1. The Morgan fingerprint density at radius 2 is 2.00 bits per heavy atom. The topological polar surface area (TPSA) is 26.5 Å². The molecule has 0 atom stereocenters. The van der Waals surface area contributed by atoms with Crippen molar-refractivity contribution in [1.82, 2.24) is 9.38 Å². The molecule has 0 aliphatic rings. The molecule has 2 aromatic heterocycles. The molecule has 0 saturated carbocycles. The van der Waals surface area contributed by atoms with Gasteiger partial charge in [0.25, 0.3) is 0 Å². The van der Waals surface area contributed by atoms with Gasteiger partial charge in [-0.25, -0.2) is 4.98 Å². The van der Waals surface area contributed by atoms with Crippen LogP contribution in [0.2, 0.25) is 5.02 Å². The molecule has 2 heterocycles. The van der Waals surface area contributed by atoms with Crippen LogP contribution in [-0.2, 0) is 0 Å². The van der Waals surface area contributed by atoms with Gasteiger partial charge < -0.3 is 4.74 Å². The molecule has 0 aliphatic carbocycles. The lowest BCUT2D eigenvalue weighted by molar-refractivity contribution is 0.317. The molecule has 0 spiro atoms. The van der Waals surface area contributed by atoms with Gasteiger partial charge >= 0.3 is 0 Å². The summed E-state index contributed by atoms with van der Waals surface area (Å²) in [6.45, 7) is 2.83. The van der Waals surface area contributed by atoms with Crippen LogP contribution in [0.15, 0.2) is 48.8 Å². The minimum Gasteiger partial charge on any atom is -0.494 e. The monoisotopic (exact) mass is 286 g/mol. The largest absolute Gasteiger partial charge is 0.494 e. The van der Waals surface area contributed by atoms with Crippen LogP contribution in [0.25, 0.3) is 16.9 Å². The molecule has 0 fully saturated rings. The Morgan fingerprint density at radius 3 is 2.75 bits per heavy atom. The number of rotatable bonds is 4. The van der Waals surface area contributed by atoms with E-state index in [2.05, 4.69) is 11.9 Å². The molecular formula is C16H15ClN2O. The standard InChI is InChI=1S/C16H15ClN2O/c1-2-10-20-13-7-5-12(6-8-13)15-11-18-16-14(17)4-3-9-19(15)16/h3-9,11H,2,10H2,1H3. The molecule has 3 nitrogen and oxygen atoms in total. The molecular weight excluding hydrogens is 272 g/mol. The molecule has 3 rings (SSSR count). The van der Waals surface area contributed by atoms with Crippen LogP contribution >= 0.6 is 11.6 Å². The van der Waals surface area contributed by atoms with Crippen LogP contribution in [0.3, 0.4) is 0 Å². The molecule has 0 saturated heterocycles. The number of ether oxygens (including phenoxy) is 1. The molecule has 20 heavy (non-hydrogen) atoms. The van der Waals surface area contributed by atoms with E-state index in [1.807, 2.05) is 53.2 Å². The van der Waals surface area contributed by atoms with Crippen LogP contribution in [0.4, 0.5) is 0 Å². The summed E-state index contributed by atoms with van der Waals surface area (Å²) in [5, 5.41) is 0.654. The summed E-state index contributed by atoms with van der Waals surface area (Å²) in [7, 11) is 0. The van der Waals surface area contributed by atoms with Crippen molar-refractivity contribution in [2.24, 2.45) is 0 Å². The van der Waals surface area contributed by atoms with Gasteiger partial charge in [0.15, 0.2) is 5.65 Å². The maximum Gasteiger partial charge on any atom is 0.156 e. The summed E-state index contributed by atoms with van der Waals surface area (Å²) < 4.78 is 7.58. The maximum absolute atomic E-state index is 6.14. The highest BCUT2D eigenvalue weighted by atomic mass is 35.5. The lowest BCUT2D eigenvalue weighted by atomic mass is 10.1. The minimum absolute atomic E-state index is 0.654. The predicted molar refractivity (Wildman–Crippen MR) is 81.4 cm³/mol. The van der Waals surface area contributed by atoms with Crippen molar-refractivity contribution in [1.29, 1.82) is 0 Å². The number of fused-ring (bicyclic) bond motifs is 1. The van der Waals surface area contributed by atoms with E-state index >= 15 is 0 Å². The van der Waals surface area contributed by atoms with Gasteiger partial charge in [0, 0.05) is 11.8 Å². The third kappa shape index (κ3) is 2.37. The second-order valence-electron chi connectivity index (χ2n) is 4.57. The summed E-state index contributed by atoms with van der Waals surface area (Å²) in [6, 6.07) is 11.8. The summed E-state index contributed by atoms with van der Waals surface area (Å²) in [6.07, 6.45) is 4.81. The van der Waals surface area contributed by atoms with Gasteiger partial charge in [-0.3, -0.25) is 4.40 Å². The molecule has 0 unspecified atom stereocenters. The second-order valence-corrected chi connectivity index (χ2v) is 4.97. The van der Waals surface area contributed by atoms with E-state index in [-0.39, 0.29) is 0 Å². The van der Waals surface area contributed by atoms with Crippen LogP contribution in [0.5, 0.6) is 5.75 Å². The number of hydrogen-bond acceptors (Lipinski definition) is 2. The molecule has 3 aromatic rings. The van der Waals surface area contributed by atoms with Gasteiger partial charge in [0.2, 0.25) is 0 Å². The van der Waals surface area contributed by atoms with Crippen molar-refractivity contribution in [3.8, 4) is 17.0 Å². The average molecular weight is 287 g/mol.